The van der Waals surface area contributed by atoms with Gasteiger partial charge in [-0.05, 0) is 50.0 Å². The molecule has 0 radical (unpaired) electrons. The van der Waals surface area contributed by atoms with E-state index in [1.807, 2.05) is 23.9 Å². The zero-order valence-electron chi connectivity index (χ0n) is 14.1. The number of furan rings is 1. The second-order valence-electron chi connectivity index (χ2n) is 7.15. The molecule has 24 heavy (non-hydrogen) atoms. The van der Waals surface area contributed by atoms with E-state index in [0.717, 1.165) is 49.9 Å². The fourth-order valence-electron chi connectivity index (χ4n) is 3.49. The van der Waals surface area contributed by atoms with Crippen LogP contribution in [0.3, 0.4) is 0 Å². The molecule has 2 N–H and O–H groups in total. The first-order chi connectivity index (χ1) is 11.8. The highest BCUT2D eigenvalue weighted by molar-refractivity contribution is 7.99. The summed E-state index contributed by atoms with van der Waals surface area (Å²) in [6.07, 6.45) is 8.44. The lowest BCUT2D eigenvalue weighted by molar-refractivity contribution is -0.0679. The predicted octanol–water partition coefficient (Wildman–Crippen LogP) is 2.57. The molecule has 3 heterocycles. The van der Waals surface area contributed by atoms with Crippen molar-refractivity contribution >= 4 is 17.7 Å². The lowest BCUT2D eigenvalue weighted by Gasteiger charge is -2.38. The molecule has 4 rings (SSSR count). The van der Waals surface area contributed by atoms with Crippen LogP contribution in [0.4, 0.5) is 0 Å². The van der Waals surface area contributed by atoms with Crippen molar-refractivity contribution in [2.75, 3.05) is 24.7 Å². The number of ether oxygens (including phenoxy) is 1. The average Bonchev–Trinajstić information content (AvgIpc) is 3.05. The first-order valence-corrected chi connectivity index (χ1v) is 10.3. The van der Waals surface area contributed by atoms with Crippen LogP contribution in [-0.2, 0) is 11.2 Å². The van der Waals surface area contributed by atoms with E-state index in [0.29, 0.717) is 12.1 Å². The molecule has 1 saturated carbocycles. The maximum atomic E-state index is 6.13. The van der Waals surface area contributed by atoms with Crippen LogP contribution in [0.15, 0.2) is 27.8 Å². The fraction of sp³-hybridized carbons (Fsp3) is 0.722. The highest BCUT2D eigenvalue weighted by atomic mass is 32.2. The zero-order chi connectivity index (χ0) is 16.2. The van der Waals surface area contributed by atoms with Crippen molar-refractivity contribution in [1.82, 2.24) is 10.6 Å². The molecule has 0 amide bonds. The molecule has 5 nitrogen and oxygen atoms in total. The maximum Gasteiger partial charge on any atom is 0.191 e. The Labute approximate surface area is 148 Å². The highest BCUT2D eigenvalue weighted by Gasteiger charge is 2.40. The normalized spacial score (nSPS) is 30.7. The van der Waals surface area contributed by atoms with Crippen molar-refractivity contribution in [3.63, 3.8) is 0 Å². The van der Waals surface area contributed by atoms with E-state index in [9.17, 15) is 0 Å². The summed E-state index contributed by atoms with van der Waals surface area (Å²) in [5.41, 5.74) is 0.111. The summed E-state index contributed by atoms with van der Waals surface area (Å²) < 4.78 is 11.5. The van der Waals surface area contributed by atoms with E-state index in [-0.39, 0.29) is 5.60 Å². The van der Waals surface area contributed by atoms with Crippen LogP contribution in [0, 0.1) is 0 Å². The van der Waals surface area contributed by atoms with E-state index in [1.165, 1.54) is 25.0 Å². The Bertz CT molecular complexity index is 551. The highest BCUT2D eigenvalue weighted by Crippen LogP contribution is 2.38. The minimum Gasteiger partial charge on any atom is -0.469 e. The van der Waals surface area contributed by atoms with E-state index < -0.39 is 0 Å². The standard InChI is InChI=1S/C18H27N3O2S/c1-2-16(22-9-1)5-8-19-17(20-14-3-4-14)21-15-6-10-23-18(12-15)7-11-24-13-18/h1-2,9,14-15H,3-8,10-13H2,(H2,19,20,21). The van der Waals surface area contributed by atoms with Gasteiger partial charge in [0, 0.05) is 37.4 Å². The van der Waals surface area contributed by atoms with Gasteiger partial charge in [0.05, 0.1) is 11.9 Å². The number of thioether (sulfide) groups is 1. The minimum atomic E-state index is 0.111. The summed E-state index contributed by atoms with van der Waals surface area (Å²) in [4.78, 5) is 4.78. The summed E-state index contributed by atoms with van der Waals surface area (Å²) in [5.74, 6) is 4.35. The molecule has 3 fully saturated rings. The van der Waals surface area contributed by atoms with Crippen LogP contribution < -0.4 is 10.6 Å². The maximum absolute atomic E-state index is 6.13. The topological polar surface area (TPSA) is 58.8 Å². The van der Waals surface area contributed by atoms with Crippen molar-refractivity contribution in [1.29, 1.82) is 0 Å². The zero-order valence-corrected chi connectivity index (χ0v) is 14.9. The van der Waals surface area contributed by atoms with Gasteiger partial charge in [0.15, 0.2) is 5.96 Å². The van der Waals surface area contributed by atoms with Gasteiger partial charge in [0.25, 0.3) is 0 Å². The summed E-state index contributed by atoms with van der Waals surface area (Å²) >= 11 is 2.02. The predicted molar refractivity (Wildman–Crippen MR) is 97.7 cm³/mol. The monoisotopic (exact) mass is 349 g/mol. The number of aliphatic imine (C=N–C) groups is 1. The Kier molecular flexibility index (Phi) is 5.03. The molecular formula is C18H27N3O2S. The van der Waals surface area contributed by atoms with Crippen molar-refractivity contribution in [2.24, 2.45) is 4.99 Å². The van der Waals surface area contributed by atoms with Gasteiger partial charge in [-0.15, -0.1) is 0 Å². The van der Waals surface area contributed by atoms with Gasteiger partial charge in [-0.25, -0.2) is 0 Å². The lowest BCUT2D eigenvalue weighted by atomic mass is 9.90. The van der Waals surface area contributed by atoms with Crippen molar-refractivity contribution in [2.45, 2.75) is 56.2 Å². The fourth-order valence-corrected chi connectivity index (χ4v) is 4.87. The first-order valence-electron chi connectivity index (χ1n) is 9.13. The third-order valence-electron chi connectivity index (χ3n) is 5.03. The Morgan fingerprint density at radius 2 is 2.21 bits per heavy atom. The Morgan fingerprint density at radius 3 is 2.96 bits per heavy atom. The number of hydrogen-bond acceptors (Lipinski definition) is 4. The van der Waals surface area contributed by atoms with Crippen molar-refractivity contribution < 1.29 is 9.15 Å². The molecule has 0 bridgehead atoms. The van der Waals surface area contributed by atoms with Crippen LogP contribution in [0.5, 0.6) is 0 Å². The van der Waals surface area contributed by atoms with Crippen molar-refractivity contribution in [3.8, 4) is 0 Å². The summed E-state index contributed by atoms with van der Waals surface area (Å²) in [5, 5.41) is 7.24. The van der Waals surface area contributed by atoms with Gasteiger partial charge in [-0.3, -0.25) is 4.99 Å². The van der Waals surface area contributed by atoms with Gasteiger partial charge in [0.2, 0.25) is 0 Å². The van der Waals surface area contributed by atoms with E-state index in [4.69, 9.17) is 14.1 Å². The van der Waals surface area contributed by atoms with E-state index in [2.05, 4.69) is 10.6 Å². The smallest absolute Gasteiger partial charge is 0.191 e. The second-order valence-corrected chi connectivity index (χ2v) is 8.25. The first kappa shape index (κ1) is 16.3. The number of rotatable bonds is 5. The quantitative estimate of drug-likeness (QED) is 0.632. The van der Waals surface area contributed by atoms with Gasteiger partial charge in [0.1, 0.15) is 5.76 Å². The molecule has 2 unspecified atom stereocenters. The van der Waals surface area contributed by atoms with Crippen LogP contribution in [0.25, 0.3) is 0 Å². The number of hydrogen-bond donors (Lipinski definition) is 2. The van der Waals surface area contributed by atoms with Gasteiger partial charge in [-0.2, -0.15) is 11.8 Å². The molecule has 1 aliphatic carbocycles. The van der Waals surface area contributed by atoms with Crippen LogP contribution in [0.2, 0.25) is 0 Å². The Hall–Kier alpha value is -1.14. The largest absolute Gasteiger partial charge is 0.469 e. The average molecular weight is 350 g/mol. The second kappa shape index (κ2) is 7.40. The number of nitrogens with zero attached hydrogens (tertiary/aromatic N) is 1. The summed E-state index contributed by atoms with van der Waals surface area (Å²) in [6.45, 7) is 1.61. The SMILES string of the molecule is c1coc(CCN=C(NC2CC2)NC2CCOC3(CCSC3)C2)c1. The van der Waals surface area contributed by atoms with Crippen molar-refractivity contribution in [3.05, 3.63) is 24.2 Å². The van der Waals surface area contributed by atoms with E-state index >= 15 is 0 Å². The van der Waals surface area contributed by atoms with Gasteiger partial charge in [-0.1, -0.05) is 0 Å². The molecule has 0 aromatic carbocycles. The summed E-state index contributed by atoms with van der Waals surface area (Å²) in [7, 11) is 0. The molecule has 2 aliphatic heterocycles. The molecule has 1 aromatic heterocycles. The molecule has 132 valence electrons. The Morgan fingerprint density at radius 1 is 1.29 bits per heavy atom. The van der Waals surface area contributed by atoms with Gasteiger partial charge >= 0.3 is 0 Å². The number of guanidine groups is 1. The Balaban J connectivity index is 1.34. The molecule has 1 spiro atoms. The summed E-state index contributed by atoms with van der Waals surface area (Å²) in [6, 6.07) is 5.01. The molecule has 3 aliphatic rings. The van der Waals surface area contributed by atoms with Crippen LogP contribution in [0.1, 0.15) is 37.9 Å². The minimum absolute atomic E-state index is 0.111. The van der Waals surface area contributed by atoms with Crippen LogP contribution in [-0.4, -0.2) is 48.3 Å². The molecule has 1 aromatic rings. The molecule has 2 saturated heterocycles. The molecule has 6 heteroatoms. The third-order valence-corrected chi connectivity index (χ3v) is 6.25. The molecular weight excluding hydrogens is 322 g/mol. The number of nitrogens with one attached hydrogen (secondary N) is 2. The molecule has 2 atom stereocenters. The van der Waals surface area contributed by atoms with Crippen LogP contribution >= 0.6 is 11.8 Å². The van der Waals surface area contributed by atoms with Gasteiger partial charge < -0.3 is 19.8 Å². The third kappa shape index (κ3) is 4.28. The lowest BCUT2D eigenvalue weighted by Crippen LogP contribution is -2.52. The van der Waals surface area contributed by atoms with E-state index in [1.54, 1.807) is 6.26 Å².